The summed E-state index contributed by atoms with van der Waals surface area (Å²) in [4.78, 5) is 0. The fraction of sp³-hybridized carbons (Fsp3) is 0.400. The van der Waals surface area contributed by atoms with E-state index in [2.05, 4.69) is 5.32 Å². The van der Waals surface area contributed by atoms with Crippen LogP contribution in [0.2, 0.25) is 0 Å². The lowest BCUT2D eigenvalue weighted by Crippen LogP contribution is -2.14. The van der Waals surface area contributed by atoms with Gasteiger partial charge in [0.15, 0.2) is 0 Å². The van der Waals surface area contributed by atoms with Crippen molar-refractivity contribution in [1.29, 1.82) is 0 Å². The van der Waals surface area contributed by atoms with Crippen LogP contribution in [0, 0.1) is 0 Å². The van der Waals surface area contributed by atoms with Gasteiger partial charge in [0, 0.05) is 6.54 Å². The molecule has 0 fully saturated rings. The molecular formula is C10H11F4N. The van der Waals surface area contributed by atoms with E-state index in [-0.39, 0.29) is 12.1 Å². The highest BCUT2D eigenvalue weighted by Crippen LogP contribution is 2.30. The van der Waals surface area contributed by atoms with E-state index in [9.17, 15) is 17.6 Å². The van der Waals surface area contributed by atoms with Gasteiger partial charge in [0.1, 0.15) is 6.17 Å². The smallest absolute Gasteiger partial charge is 0.317 e. The minimum Gasteiger partial charge on any atom is -0.317 e. The second-order valence-corrected chi connectivity index (χ2v) is 3.14. The number of halogens is 4. The van der Waals surface area contributed by atoms with Crippen LogP contribution in [-0.4, -0.2) is 13.6 Å². The van der Waals surface area contributed by atoms with Crippen molar-refractivity contribution in [3.05, 3.63) is 35.4 Å². The van der Waals surface area contributed by atoms with Gasteiger partial charge in [0.25, 0.3) is 0 Å². The van der Waals surface area contributed by atoms with Crippen molar-refractivity contribution in [2.24, 2.45) is 0 Å². The van der Waals surface area contributed by atoms with Crippen LogP contribution in [0.25, 0.3) is 0 Å². The molecule has 1 atom stereocenters. The lowest BCUT2D eigenvalue weighted by atomic mass is 10.1. The first kappa shape index (κ1) is 12.0. The maximum Gasteiger partial charge on any atom is 0.416 e. The van der Waals surface area contributed by atoms with Crippen LogP contribution < -0.4 is 5.32 Å². The zero-order valence-corrected chi connectivity index (χ0v) is 8.11. The van der Waals surface area contributed by atoms with Gasteiger partial charge in [0.05, 0.1) is 5.56 Å². The van der Waals surface area contributed by atoms with Crippen LogP contribution in [0.5, 0.6) is 0 Å². The number of hydrogen-bond donors (Lipinski definition) is 1. The topological polar surface area (TPSA) is 12.0 Å². The van der Waals surface area contributed by atoms with Crippen LogP contribution in [-0.2, 0) is 6.18 Å². The average Bonchev–Trinajstić information content (AvgIpc) is 2.17. The number of benzene rings is 1. The molecule has 15 heavy (non-hydrogen) atoms. The molecule has 0 aliphatic heterocycles. The van der Waals surface area contributed by atoms with Crippen molar-refractivity contribution in [3.63, 3.8) is 0 Å². The summed E-state index contributed by atoms with van der Waals surface area (Å²) in [7, 11) is 1.58. The molecule has 0 aliphatic carbocycles. The van der Waals surface area contributed by atoms with E-state index in [4.69, 9.17) is 0 Å². The third-order valence-electron chi connectivity index (χ3n) is 1.98. The van der Waals surface area contributed by atoms with E-state index in [1.165, 1.54) is 0 Å². The molecule has 0 radical (unpaired) electrons. The maximum atomic E-state index is 13.2. The molecule has 1 aromatic rings. The molecule has 0 saturated heterocycles. The number of hydrogen-bond acceptors (Lipinski definition) is 1. The third kappa shape index (κ3) is 3.20. The Hall–Kier alpha value is -1.10. The van der Waals surface area contributed by atoms with Crippen LogP contribution in [0.3, 0.4) is 0 Å². The Morgan fingerprint density at radius 3 is 2.13 bits per heavy atom. The SMILES string of the molecule is CNCC(F)c1ccc(C(F)(F)F)cc1. The summed E-state index contributed by atoms with van der Waals surface area (Å²) < 4.78 is 49.7. The van der Waals surface area contributed by atoms with Gasteiger partial charge in [-0.25, -0.2) is 4.39 Å². The van der Waals surface area contributed by atoms with Gasteiger partial charge in [-0.05, 0) is 24.7 Å². The van der Waals surface area contributed by atoms with E-state index in [1.807, 2.05) is 0 Å². The molecule has 1 unspecified atom stereocenters. The summed E-state index contributed by atoms with van der Waals surface area (Å²) >= 11 is 0. The monoisotopic (exact) mass is 221 g/mol. The van der Waals surface area contributed by atoms with E-state index >= 15 is 0 Å². The van der Waals surface area contributed by atoms with Gasteiger partial charge in [-0.2, -0.15) is 13.2 Å². The van der Waals surface area contributed by atoms with Crippen LogP contribution in [0.4, 0.5) is 17.6 Å². The predicted octanol–water partition coefficient (Wildman–Crippen LogP) is 2.94. The van der Waals surface area contributed by atoms with Crippen molar-refractivity contribution < 1.29 is 17.6 Å². The molecule has 0 aliphatic rings. The molecule has 0 saturated carbocycles. The molecule has 84 valence electrons. The summed E-state index contributed by atoms with van der Waals surface area (Å²) in [6, 6.07) is 4.09. The summed E-state index contributed by atoms with van der Waals surface area (Å²) in [5.74, 6) is 0. The van der Waals surface area contributed by atoms with Gasteiger partial charge in [-0.1, -0.05) is 12.1 Å². The van der Waals surface area contributed by atoms with Crippen molar-refractivity contribution >= 4 is 0 Å². The summed E-state index contributed by atoms with van der Waals surface area (Å²) in [5.41, 5.74) is -0.514. The second-order valence-electron chi connectivity index (χ2n) is 3.14. The lowest BCUT2D eigenvalue weighted by Gasteiger charge is -2.10. The average molecular weight is 221 g/mol. The standard InChI is InChI=1S/C10H11F4N/c1-15-6-9(11)7-2-4-8(5-3-7)10(12,13)14/h2-5,9,15H,6H2,1H3. The molecular weight excluding hydrogens is 210 g/mol. The highest BCUT2D eigenvalue weighted by Gasteiger charge is 2.30. The fourth-order valence-corrected chi connectivity index (χ4v) is 1.18. The molecule has 0 bridgehead atoms. The molecule has 5 heteroatoms. The Bertz CT molecular complexity index is 304. The first-order valence-electron chi connectivity index (χ1n) is 4.41. The minimum absolute atomic E-state index is 0.0887. The van der Waals surface area contributed by atoms with Crippen LogP contribution >= 0.6 is 0 Å². The van der Waals surface area contributed by atoms with Crippen LogP contribution in [0.1, 0.15) is 17.3 Å². The molecule has 1 aromatic carbocycles. The zero-order valence-electron chi connectivity index (χ0n) is 8.11. The van der Waals surface area contributed by atoms with Gasteiger partial charge in [-0.15, -0.1) is 0 Å². The number of likely N-dealkylation sites (N-methyl/N-ethyl adjacent to an activating group) is 1. The van der Waals surface area contributed by atoms with Crippen LogP contribution in [0.15, 0.2) is 24.3 Å². The predicted molar refractivity (Wildman–Crippen MR) is 49.2 cm³/mol. The van der Waals surface area contributed by atoms with Gasteiger partial charge >= 0.3 is 6.18 Å². The minimum atomic E-state index is -4.37. The summed E-state index contributed by atoms with van der Waals surface area (Å²) in [6.07, 6.45) is -5.65. The van der Waals surface area contributed by atoms with Gasteiger partial charge < -0.3 is 5.32 Å². The molecule has 1 nitrogen and oxygen atoms in total. The number of nitrogens with one attached hydrogen (secondary N) is 1. The second kappa shape index (κ2) is 4.61. The Kier molecular flexibility index (Phi) is 3.68. The Morgan fingerprint density at radius 2 is 1.73 bits per heavy atom. The molecule has 0 spiro atoms. The lowest BCUT2D eigenvalue weighted by molar-refractivity contribution is -0.137. The quantitative estimate of drug-likeness (QED) is 0.774. The first-order chi connectivity index (χ1) is 6.95. The van der Waals surface area contributed by atoms with Crippen molar-refractivity contribution in [2.45, 2.75) is 12.3 Å². The van der Waals surface area contributed by atoms with Gasteiger partial charge in [0.2, 0.25) is 0 Å². The molecule has 1 N–H and O–H groups in total. The van der Waals surface area contributed by atoms with Crippen molar-refractivity contribution in [2.75, 3.05) is 13.6 Å². The molecule has 0 aromatic heterocycles. The van der Waals surface area contributed by atoms with E-state index in [0.717, 1.165) is 24.3 Å². The molecule has 0 amide bonds. The van der Waals surface area contributed by atoms with E-state index in [1.54, 1.807) is 7.05 Å². The van der Waals surface area contributed by atoms with Gasteiger partial charge in [-0.3, -0.25) is 0 Å². The third-order valence-corrected chi connectivity index (χ3v) is 1.98. The largest absolute Gasteiger partial charge is 0.416 e. The highest BCUT2D eigenvalue weighted by atomic mass is 19.4. The van der Waals surface area contributed by atoms with E-state index in [0.29, 0.717) is 0 Å². The fourth-order valence-electron chi connectivity index (χ4n) is 1.18. The molecule has 0 heterocycles. The number of rotatable bonds is 3. The van der Waals surface area contributed by atoms with E-state index < -0.39 is 17.9 Å². The molecule has 1 rings (SSSR count). The Balaban J connectivity index is 2.81. The maximum absolute atomic E-state index is 13.2. The van der Waals surface area contributed by atoms with Crippen molar-refractivity contribution in [3.8, 4) is 0 Å². The highest BCUT2D eigenvalue weighted by molar-refractivity contribution is 5.26. The Morgan fingerprint density at radius 1 is 1.20 bits per heavy atom. The first-order valence-corrected chi connectivity index (χ1v) is 4.41. The zero-order chi connectivity index (χ0) is 11.5. The normalized spacial score (nSPS) is 13.9. The Labute approximate surface area is 85.1 Å². The number of alkyl halides is 4. The summed E-state index contributed by atoms with van der Waals surface area (Å²) in [6.45, 7) is 0.0887. The van der Waals surface area contributed by atoms with Crippen molar-refractivity contribution in [1.82, 2.24) is 5.32 Å². The summed E-state index contributed by atoms with van der Waals surface area (Å²) in [5, 5.41) is 2.61.